The van der Waals surface area contributed by atoms with Crippen molar-refractivity contribution in [2.24, 2.45) is 0 Å². The van der Waals surface area contributed by atoms with Gasteiger partial charge in [0.05, 0.1) is 5.56 Å². The molecule has 1 amide bonds. The second-order valence-corrected chi connectivity index (χ2v) is 6.52. The standard InChI is InChI=1S/C18H22F3NO4/c1-12(22-16(24)26-17(2,3)4)15(23)25-11-5-6-13-7-9-14(10-8-13)18(19,20)21/h5-10,12H,11H2,1-4H3,(H,22,24)/b6-5+. The van der Waals surface area contributed by atoms with Gasteiger partial charge in [0.2, 0.25) is 0 Å². The van der Waals surface area contributed by atoms with Gasteiger partial charge in [-0.3, -0.25) is 0 Å². The van der Waals surface area contributed by atoms with Crippen molar-refractivity contribution in [3.8, 4) is 0 Å². The molecular formula is C18H22F3NO4. The van der Waals surface area contributed by atoms with Crippen LogP contribution in [0.15, 0.2) is 30.3 Å². The lowest BCUT2D eigenvalue weighted by atomic mass is 10.1. The largest absolute Gasteiger partial charge is 0.460 e. The Bertz CT molecular complexity index is 646. The predicted molar refractivity (Wildman–Crippen MR) is 90.3 cm³/mol. The van der Waals surface area contributed by atoms with E-state index in [0.717, 1.165) is 12.1 Å². The van der Waals surface area contributed by atoms with Crippen LogP contribution in [0.4, 0.5) is 18.0 Å². The normalized spacial score (nSPS) is 13.3. The molecular weight excluding hydrogens is 351 g/mol. The van der Waals surface area contributed by atoms with Gasteiger partial charge in [0.15, 0.2) is 0 Å². The summed E-state index contributed by atoms with van der Waals surface area (Å²) in [6.07, 6.45) is -2.10. The number of carbonyl (C=O) groups is 2. The fourth-order valence-electron chi connectivity index (χ4n) is 1.77. The van der Waals surface area contributed by atoms with Crippen LogP contribution >= 0.6 is 0 Å². The zero-order valence-corrected chi connectivity index (χ0v) is 15.0. The minimum atomic E-state index is -4.38. The van der Waals surface area contributed by atoms with E-state index in [1.54, 1.807) is 20.8 Å². The van der Waals surface area contributed by atoms with Crippen molar-refractivity contribution in [1.29, 1.82) is 0 Å². The number of nitrogens with one attached hydrogen (secondary N) is 1. The van der Waals surface area contributed by atoms with Crippen LogP contribution in [0.25, 0.3) is 6.08 Å². The monoisotopic (exact) mass is 373 g/mol. The Kier molecular flexibility index (Phi) is 7.23. The number of ether oxygens (including phenoxy) is 2. The van der Waals surface area contributed by atoms with E-state index in [-0.39, 0.29) is 6.61 Å². The highest BCUT2D eigenvalue weighted by atomic mass is 19.4. The highest BCUT2D eigenvalue weighted by Crippen LogP contribution is 2.29. The molecule has 0 radical (unpaired) electrons. The van der Waals surface area contributed by atoms with Crippen molar-refractivity contribution in [3.63, 3.8) is 0 Å². The lowest BCUT2D eigenvalue weighted by molar-refractivity contribution is -0.144. The average Bonchev–Trinajstić information content (AvgIpc) is 2.48. The Balaban J connectivity index is 2.43. The highest BCUT2D eigenvalue weighted by Gasteiger charge is 2.29. The number of benzene rings is 1. The van der Waals surface area contributed by atoms with Crippen molar-refractivity contribution in [1.82, 2.24) is 5.32 Å². The Morgan fingerprint density at radius 1 is 1.15 bits per heavy atom. The fraction of sp³-hybridized carbons (Fsp3) is 0.444. The summed E-state index contributed by atoms with van der Waals surface area (Å²) in [6.45, 7) is 6.46. The number of esters is 1. The maximum absolute atomic E-state index is 12.5. The van der Waals surface area contributed by atoms with Crippen molar-refractivity contribution in [3.05, 3.63) is 41.5 Å². The third kappa shape index (κ3) is 8.04. The van der Waals surface area contributed by atoms with E-state index in [1.807, 2.05) is 0 Å². The topological polar surface area (TPSA) is 64.6 Å². The number of carbonyl (C=O) groups excluding carboxylic acids is 2. The van der Waals surface area contributed by atoms with Crippen molar-refractivity contribution < 1.29 is 32.2 Å². The molecule has 1 N–H and O–H groups in total. The third-order valence-electron chi connectivity index (χ3n) is 2.96. The molecule has 0 spiro atoms. The molecule has 0 fully saturated rings. The fourth-order valence-corrected chi connectivity index (χ4v) is 1.77. The number of hydrogen-bond acceptors (Lipinski definition) is 4. The number of rotatable bonds is 5. The molecule has 1 aromatic rings. The minimum Gasteiger partial charge on any atom is -0.460 e. The Morgan fingerprint density at radius 3 is 2.23 bits per heavy atom. The zero-order chi connectivity index (χ0) is 20.0. The van der Waals surface area contributed by atoms with Gasteiger partial charge >= 0.3 is 18.2 Å². The Morgan fingerprint density at radius 2 is 1.73 bits per heavy atom. The van der Waals surface area contributed by atoms with Crippen LogP contribution in [-0.4, -0.2) is 30.3 Å². The van der Waals surface area contributed by atoms with Crippen LogP contribution < -0.4 is 5.32 Å². The summed E-state index contributed by atoms with van der Waals surface area (Å²) in [5.41, 5.74) is -0.880. The molecule has 0 saturated heterocycles. The minimum absolute atomic E-state index is 0.0831. The van der Waals surface area contributed by atoms with Gasteiger partial charge in [-0.1, -0.05) is 18.2 Å². The van der Waals surface area contributed by atoms with Gasteiger partial charge < -0.3 is 14.8 Å². The number of alkyl carbamates (subject to hydrolysis) is 1. The molecule has 26 heavy (non-hydrogen) atoms. The number of halogens is 3. The molecule has 5 nitrogen and oxygen atoms in total. The van der Waals surface area contributed by atoms with Crippen LogP contribution in [0.3, 0.4) is 0 Å². The van der Waals surface area contributed by atoms with Gasteiger partial charge in [-0.05, 0) is 51.5 Å². The highest BCUT2D eigenvalue weighted by molar-refractivity contribution is 5.81. The Labute approximate surface area is 150 Å². The zero-order valence-electron chi connectivity index (χ0n) is 15.0. The van der Waals surface area contributed by atoms with Gasteiger partial charge in [0.1, 0.15) is 18.2 Å². The van der Waals surface area contributed by atoms with Gasteiger partial charge in [-0.25, -0.2) is 9.59 Å². The SMILES string of the molecule is CC(NC(=O)OC(C)(C)C)C(=O)OC/C=C/c1ccc(C(F)(F)F)cc1. The molecule has 0 saturated carbocycles. The molecule has 0 aromatic heterocycles. The van der Waals surface area contributed by atoms with Crippen LogP contribution in [0, 0.1) is 0 Å². The molecule has 0 heterocycles. The van der Waals surface area contributed by atoms with Crippen LogP contribution in [-0.2, 0) is 20.4 Å². The average molecular weight is 373 g/mol. The van der Waals surface area contributed by atoms with E-state index in [2.05, 4.69) is 5.32 Å². The second kappa shape index (κ2) is 8.73. The van der Waals surface area contributed by atoms with E-state index >= 15 is 0 Å². The van der Waals surface area contributed by atoms with Gasteiger partial charge in [-0.2, -0.15) is 13.2 Å². The smallest absolute Gasteiger partial charge is 0.416 e. The van der Waals surface area contributed by atoms with Gasteiger partial charge in [-0.15, -0.1) is 0 Å². The third-order valence-corrected chi connectivity index (χ3v) is 2.96. The van der Waals surface area contributed by atoms with Crippen LogP contribution in [0.1, 0.15) is 38.8 Å². The molecule has 1 unspecified atom stereocenters. The van der Waals surface area contributed by atoms with E-state index in [9.17, 15) is 22.8 Å². The molecule has 1 rings (SSSR count). The molecule has 1 atom stereocenters. The lowest BCUT2D eigenvalue weighted by Gasteiger charge is -2.21. The molecule has 8 heteroatoms. The maximum Gasteiger partial charge on any atom is 0.416 e. The quantitative estimate of drug-likeness (QED) is 0.787. The first-order valence-electron chi connectivity index (χ1n) is 7.88. The summed E-state index contributed by atoms with van der Waals surface area (Å²) < 4.78 is 47.4. The molecule has 144 valence electrons. The van der Waals surface area contributed by atoms with E-state index < -0.39 is 35.4 Å². The molecule has 1 aromatic carbocycles. The van der Waals surface area contributed by atoms with Crippen molar-refractivity contribution in [2.45, 2.75) is 45.5 Å². The summed E-state index contributed by atoms with van der Waals surface area (Å²) in [5, 5.41) is 2.35. The van der Waals surface area contributed by atoms with Crippen LogP contribution in [0.2, 0.25) is 0 Å². The van der Waals surface area contributed by atoms with E-state index in [0.29, 0.717) is 5.56 Å². The molecule has 0 aliphatic carbocycles. The van der Waals surface area contributed by atoms with E-state index in [1.165, 1.54) is 31.2 Å². The number of alkyl halides is 3. The summed E-state index contributed by atoms with van der Waals surface area (Å²) in [6, 6.07) is 3.67. The first-order valence-corrected chi connectivity index (χ1v) is 7.88. The second-order valence-electron chi connectivity index (χ2n) is 6.52. The lowest BCUT2D eigenvalue weighted by Crippen LogP contribution is -2.42. The maximum atomic E-state index is 12.5. The first kappa shape index (κ1) is 21.5. The first-order chi connectivity index (χ1) is 11.9. The summed E-state index contributed by atoms with van der Waals surface area (Å²) in [5.74, 6) is -0.659. The molecule has 0 aliphatic rings. The Hall–Kier alpha value is -2.51. The summed E-state index contributed by atoms with van der Waals surface area (Å²) in [7, 11) is 0. The van der Waals surface area contributed by atoms with Crippen molar-refractivity contribution >= 4 is 18.1 Å². The van der Waals surface area contributed by atoms with Crippen LogP contribution in [0.5, 0.6) is 0 Å². The van der Waals surface area contributed by atoms with Gasteiger partial charge in [0, 0.05) is 0 Å². The summed E-state index contributed by atoms with van der Waals surface area (Å²) >= 11 is 0. The van der Waals surface area contributed by atoms with E-state index in [4.69, 9.17) is 9.47 Å². The van der Waals surface area contributed by atoms with Crippen molar-refractivity contribution in [2.75, 3.05) is 6.61 Å². The summed E-state index contributed by atoms with van der Waals surface area (Å²) in [4.78, 5) is 23.3. The number of hydrogen-bond donors (Lipinski definition) is 1. The number of amides is 1. The molecule has 0 bridgehead atoms. The van der Waals surface area contributed by atoms with Gasteiger partial charge in [0.25, 0.3) is 0 Å². The predicted octanol–water partition coefficient (Wildman–Crippen LogP) is 4.18. The molecule has 0 aliphatic heterocycles.